The molecule has 0 spiro atoms. The number of pyridine rings is 2. The van der Waals surface area contributed by atoms with Gasteiger partial charge in [-0.05, 0) is 39.3 Å². The van der Waals surface area contributed by atoms with Crippen molar-refractivity contribution < 1.29 is 36.6 Å². The highest BCUT2D eigenvalue weighted by molar-refractivity contribution is 6.07. The zero-order chi connectivity index (χ0) is 33.3. The summed E-state index contributed by atoms with van der Waals surface area (Å²) in [5.74, 6) is -3.33. The Kier molecular flexibility index (Phi) is 7.95. The van der Waals surface area contributed by atoms with E-state index in [1.54, 1.807) is 6.92 Å². The van der Waals surface area contributed by atoms with Gasteiger partial charge in [-0.25, -0.2) is 18.7 Å². The summed E-state index contributed by atoms with van der Waals surface area (Å²) < 4.78 is 75.2. The number of aryl methyl sites for hydroxylation is 1. The molecule has 46 heavy (non-hydrogen) atoms. The number of ether oxygens (including phenoxy) is 3. The van der Waals surface area contributed by atoms with Crippen LogP contribution in [0.15, 0.2) is 12.1 Å². The third-order valence-electron chi connectivity index (χ3n) is 9.18. The Hall–Kier alpha value is -3.91. The van der Waals surface area contributed by atoms with Gasteiger partial charge in [0, 0.05) is 49.1 Å². The van der Waals surface area contributed by atoms with Gasteiger partial charge in [-0.3, -0.25) is 4.79 Å². The quantitative estimate of drug-likeness (QED) is 0.257. The zero-order valence-corrected chi connectivity index (χ0v) is 26.6. The van der Waals surface area contributed by atoms with Gasteiger partial charge in [-0.15, -0.1) is 0 Å². The molecule has 8 rings (SSSR count). The number of benzene rings is 1. The number of amides is 1. The predicted molar refractivity (Wildman–Crippen MR) is 164 cm³/mol. The molecule has 2 bridgehead atoms. The van der Waals surface area contributed by atoms with Crippen LogP contribution in [-0.4, -0.2) is 71.5 Å². The maximum atomic E-state index is 16.9. The summed E-state index contributed by atoms with van der Waals surface area (Å²) in [6.45, 7) is 9.31. The number of rotatable bonds is 5. The van der Waals surface area contributed by atoms with E-state index in [1.165, 1.54) is 0 Å². The summed E-state index contributed by atoms with van der Waals surface area (Å²) in [6.07, 6.45) is 0.801. The summed E-state index contributed by atoms with van der Waals surface area (Å²) in [5, 5.41) is 6.66. The van der Waals surface area contributed by atoms with Crippen molar-refractivity contribution in [3.63, 3.8) is 0 Å². The van der Waals surface area contributed by atoms with Gasteiger partial charge < -0.3 is 35.5 Å². The zero-order valence-electron chi connectivity index (χ0n) is 26.6. The van der Waals surface area contributed by atoms with Gasteiger partial charge >= 0.3 is 6.61 Å². The van der Waals surface area contributed by atoms with E-state index in [-0.39, 0.29) is 51.3 Å². The molecular weight excluding hydrogens is 608 g/mol. The number of nitrogens with two attached hydrogens (primary N) is 1. The minimum Gasteiger partial charge on any atom is -0.472 e. The molecule has 3 atom stereocenters. The molecule has 1 saturated carbocycles. The lowest BCUT2D eigenvalue weighted by molar-refractivity contribution is -0.0518. The van der Waals surface area contributed by atoms with Crippen molar-refractivity contribution in [2.45, 2.75) is 90.3 Å². The maximum absolute atomic E-state index is 16.9. The van der Waals surface area contributed by atoms with Gasteiger partial charge in [0.15, 0.2) is 17.4 Å². The van der Waals surface area contributed by atoms with E-state index in [2.05, 4.69) is 20.4 Å². The molecule has 1 aliphatic carbocycles. The van der Waals surface area contributed by atoms with Crippen molar-refractivity contribution in [1.82, 2.24) is 20.6 Å². The minimum atomic E-state index is -3.40. The van der Waals surface area contributed by atoms with E-state index in [4.69, 9.17) is 20.2 Å². The van der Waals surface area contributed by atoms with Crippen molar-refractivity contribution in [1.29, 1.82) is 0 Å². The van der Waals surface area contributed by atoms with E-state index in [9.17, 15) is 18.0 Å². The summed E-state index contributed by atoms with van der Waals surface area (Å²) in [5.41, 5.74) is 4.10. The van der Waals surface area contributed by atoms with Crippen LogP contribution in [0.4, 0.5) is 29.1 Å². The Labute approximate surface area is 264 Å². The number of aromatic nitrogens is 2. The number of hydrogen-bond donors (Lipinski definition) is 3. The summed E-state index contributed by atoms with van der Waals surface area (Å²) >= 11 is 0. The van der Waals surface area contributed by atoms with E-state index >= 15 is 4.39 Å². The highest BCUT2D eigenvalue weighted by Gasteiger charge is 2.60. The first-order valence-corrected chi connectivity index (χ1v) is 15.5. The number of carbonyl (C=O) groups excluding carboxylic acids is 1. The number of nitrogens with zero attached hydrogens (tertiary/aromatic N) is 3. The second kappa shape index (κ2) is 11.4. The van der Waals surface area contributed by atoms with E-state index < -0.39 is 52.8 Å². The lowest BCUT2D eigenvalue weighted by Gasteiger charge is -2.43. The van der Waals surface area contributed by atoms with Crippen LogP contribution in [-0.2, 0) is 4.74 Å². The number of nitrogen functional groups attached to an aromatic ring is 1. The Bertz CT molecular complexity index is 1720. The molecule has 3 saturated heterocycles. The molecule has 1 amide bonds. The van der Waals surface area contributed by atoms with E-state index in [0.29, 0.717) is 38.4 Å². The number of halogens is 4. The molecule has 4 aliphatic heterocycles. The Morgan fingerprint density at radius 3 is 2.57 bits per heavy atom. The maximum Gasteiger partial charge on any atom is 0.387 e. The molecule has 1 aromatic carbocycles. The number of carbonyl (C=O) groups is 1. The monoisotopic (exact) mass is 646 g/mol. The number of alkyl halides is 2. The second-order valence-corrected chi connectivity index (χ2v) is 12.7. The van der Waals surface area contributed by atoms with Crippen LogP contribution < -0.4 is 30.7 Å². The number of hydrogen-bond acceptors (Lipinski definition) is 9. The molecule has 3 unspecified atom stereocenters. The van der Waals surface area contributed by atoms with Crippen LogP contribution in [0.3, 0.4) is 0 Å². The first kappa shape index (κ1) is 32.0. The molecule has 4 fully saturated rings. The van der Waals surface area contributed by atoms with Gasteiger partial charge in [0.1, 0.15) is 23.3 Å². The molecule has 248 valence electrons. The third kappa shape index (κ3) is 5.15. The number of piperazine rings is 1. The molecule has 2 aromatic heterocycles. The van der Waals surface area contributed by atoms with Crippen LogP contribution in [0, 0.1) is 18.6 Å². The van der Waals surface area contributed by atoms with Crippen molar-refractivity contribution in [2.24, 2.45) is 0 Å². The number of fused-ring (bicyclic) bond motifs is 3. The lowest BCUT2D eigenvalue weighted by Crippen LogP contribution is -2.60. The Balaban J connectivity index is 0.00000182. The van der Waals surface area contributed by atoms with Crippen molar-refractivity contribution >= 4 is 28.2 Å². The van der Waals surface area contributed by atoms with Crippen molar-refractivity contribution in [3.8, 4) is 22.9 Å². The van der Waals surface area contributed by atoms with Crippen molar-refractivity contribution in [2.75, 3.05) is 30.3 Å². The topological polar surface area (TPSA) is 124 Å². The smallest absolute Gasteiger partial charge is 0.387 e. The molecule has 14 heteroatoms. The molecule has 5 aliphatic rings. The molecule has 0 radical (unpaired) electrons. The normalized spacial score (nSPS) is 27.6. The average molecular weight is 647 g/mol. The average Bonchev–Trinajstić information content (AvgIpc) is 3.45. The summed E-state index contributed by atoms with van der Waals surface area (Å²) in [6, 6.07) is 1.68. The standard InChI is InChI=1S/C30H32F4N6O4.C2H6/c1-12-8-40-18(7-36-12)14(3)43-27-20-19(21(32)23(38-27)16-5-15(35)6-17(31)24(16)44-28(33)34)13(2)22(37-25(20)40)26(41)39-30-9-29(4,10-30)42-11-30;1-2/h5-6,12,14,18,28,36H,7-11,35H2,1-4H3,(H,39,41);1-2H3. The van der Waals surface area contributed by atoms with Gasteiger partial charge in [0.05, 0.1) is 34.7 Å². The number of nitrogens with one attached hydrogen (secondary N) is 2. The highest BCUT2D eigenvalue weighted by atomic mass is 19.3. The predicted octanol–water partition coefficient (Wildman–Crippen LogP) is 5.09. The van der Waals surface area contributed by atoms with Crippen LogP contribution in [0.1, 0.15) is 63.5 Å². The molecule has 4 N–H and O–H groups in total. The first-order chi connectivity index (χ1) is 21.8. The first-order valence-electron chi connectivity index (χ1n) is 15.5. The fourth-order valence-electron chi connectivity index (χ4n) is 7.32. The summed E-state index contributed by atoms with van der Waals surface area (Å²) in [7, 11) is 0. The van der Waals surface area contributed by atoms with Gasteiger partial charge in [0.2, 0.25) is 5.88 Å². The molecule has 3 aromatic rings. The fourth-order valence-corrected chi connectivity index (χ4v) is 7.32. The Morgan fingerprint density at radius 1 is 1.20 bits per heavy atom. The van der Waals surface area contributed by atoms with Gasteiger partial charge in [-0.2, -0.15) is 8.78 Å². The van der Waals surface area contributed by atoms with Crippen molar-refractivity contribution in [3.05, 3.63) is 35.0 Å². The lowest BCUT2D eigenvalue weighted by atomic mass is 9.69. The minimum absolute atomic E-state index is 0.00771. The largest absolute Gasteiger partial charge is 0.472 e. The summed E-state index contributed by atoms with van der Waals surface area (Å²) in [4.78, 5) is 25.1. The highest BCUT2D eigenvalue weighted by Crippen LogP contribution is 2.51. The van der Waals surface area contributed by atoms with Crippen LogP contribution in [0.25, 0.3) is 22.0 Å². The molecule has 6 heterocycles. The Morgan fingerprint density at radius 2 is 1.91 bits per heavy atom. The third-order valence-corrected chi connectivity index (χ3v) is 9.18. The fraction of sp³-hybridized carbons (Fsp3) is 0.531. The molecular formula is C32H38F4N6O4. The van der Waals surface area contributed by atoms with E-state index in [0.717, 1.165) is 12.1 Å². The van der Waals surface area contributed by atoms with Gasteiger partial charge in [0.25, 0.3) is 5.91 Å². The number of anilines is 2. The van der Waals surface area contributed by atoms with Crippen LogP contribution >= 0.6 is 0 Å². The van der Waals surface area contributed by atoms with E-state index in [1.807, 2.05) is 39.5 Å². The van der Waals surface area contributed by atoms with Crippen LogP contribution in [0.2, 0.25) is 0 Å². The second-order valence-electron chi connectivity index (χ2n) is 12.7. The van der Waals surface area contributed by atoms with Crippen LogP contribution in [0.5, 0.6) is 11.6 Å². The molecule has 10 nitrogen and oxygen atoms in total. The SMILES string of the molecule is CC.Cc1c(C(=O)NC23COC(C)(C2)C3)nc2c3c(nc(-c4cc(N)cc(F)c4OC(F)F)c(F)c13)OC(C)C1CNC(C)CN21. The van der Waals surface area contributed by atoms with Gasteiger partial charge in [-0.1, -0.05) is 13.8 Å².